The Kier molecular flexibility index (Phi) is 2.24. The SMILES string of the molecule is c1cc([C@@H]2CCCNC2)cs1. The summed E-state index contributed by atoms with van der Waals surface area (Å²) in [6, 6.07) is 2.25. The molecule has 1 aromatic heterocycles. The number of thiophene rings is 1. The Labute approximate surface area is 71.4 Å². The van der Waals surface area contributed by atoms with E-state index in [0.29, 0.717) is 0 Å². The molecule has 0 unspecified atom stereocenters. The van der Waals surface area contributed by atoms with Crippen molar-refractivity contribution in [3.05, 3.63) is 22.4 Å². The molecule has 0 spiro atoms. The largest absolute Gasteiger partial charge is 0.316 e. The number of piperidine rings is 1. The highest BCUT2D eigenvalue weighted by Crippen LogP contribution is 2.24. The van der Waals surface area contributed by atoms with Gasteiger partial charge in [-0.2, -0.15) is 11.3 Å². The Balaban J connectivity index is 2.04. The molecule has 2 heteroatoms. The van der Waals surface area contributed by atoms with Crippen molar-refractivity contribution in [2.45, 2.75) is 18.8 Å². The van der Waals surface area contributed by atoms with Crippen molar-refractivity contribution < 1.29 is 0 Å². The first-order valence-electron chi connectivity index (χ1n) is 4.19. The third-order valence-corrected chi connectivity index (χ3v) is 3.01. The van der Waals surface area contributed by atoms with E-state index in [-0.39, 0.29) is 0 Å². The van der Waals surface area contributed by atoms with Crippen LogP contribution in [0.3, 0.4) is 0 Å². The Morgan fingerprint density at radius 2 is 2.55 bits per heavy atom. The summed E-state index contributed by atoms with van der Waals surface area (Å²) in [5.74, 6) is 0.787. The first-order chi connectivity index (χ1) is 5.47. The van der Waals surface area contributed by atoms with Crippen LogP contribution in [0.15, 0.2) is 16.8 Å². The minimum Gasteiger partial charge on any atom is -0.316 e. The van der Waals surface area contributed by atoms with Gasteiger partial charge in [0.2, 0.25) is 0 Å². The Morgan fingerprint density at radius 3 is 3.18 bits per heavy atom. The lowest BCUT2D eigenvalue weighted by Crippen LogP contribution is -2.28. The second kappa shape index (κ2) is 3.37. The van der Waals surface area contributed by atoms with Crippen LogP contribution in [0.4, 0.5) is 0 Å². The molecule has 2 rings (SSSR count). The van der Waals surface area contributed by atoms with Crippen LogP contribution in [-0.2, 0) is 0 Å². The third kappa shape index (κ3) is 1.63. The van der Waals surface area contributed by atoms with E-state index in [1.54, 1.807) is 11.3 Å². The van der Waals surface area contributed by atoms with E-state index < -0.39 is 0 Å². The maximum Gasteiger partial charge on any atom is 0.00204 e. The summed E-state index contributed by atoms with van der Waals surface area (Å²) < 4.78 is 0. The predicted octanol–water partition coefficient (Wildman–Crippen LogP) is 2.22. The summed E-state index contributed by atoms with van der Waals surface area (Å²) in [4.78, 5) is 0. The smallest absolute Gasteiger partial charge is 0.00204 e. The minimum absolute atomic E-state index is 0.787. The zero-order valence-electron chi connectivity index (χ0n) is 6.55. The van der Waals surface area contributed by atoms with Gasteiger partial charge in [-0.1, -0.05) is 0 Å². The van der Waals surface area contributed by atoms with Gasteiger partial charge in [0.25, 0.3) is 0 Å². The molecule has 1 nitrogen and oxygen atoms in total. The average molecular weight is 167 g/mol. The number of nitrogens with one attached hydrogen (secondary N) is 1. The Morgan fingerprint density at radius 1 is 1.55 bits per heavy atom. The highest BCUT2D eigenvalue weighted by molar-refractivity contribution is 7.07. The van der Waals surface area contributed by atoms with E-state index in [2.05, 4.69) is 22.1 Å². The molecule has 11 heavy (non-hydrogen) atoms. The van der Waals surface area contributed by atoms with Gasteiger partial charge in [0.05, 0.1) is 0 Å². The first kappa shape index (κ1) is 7.32. The van der Waals surface area contributed by atoms with Crippen LogP contribution in [0, 0.1) is 0 Å². The van der Waals surface area contributed by atoms with Gasteiger partial charge in [0, 0.05) is 6.54 Å². The van der Waals surface area contributed by atoms with Gasteiger partial charge in [0.1, 0.15) is 0 Å². The van der Waals surface area contributed by atoms with Crippen molar-refractivity contribution >= 4 is 11.3 Å². The van der Waals surface area contributed by atoms with E-state index in [0.717, 1.165) is 5.92 Å². The monoisotopic (exact) mass is 167 g/mol. The van der Waals surface area contributed by atoms with Crippen molar-refractivity contribution in [1.82, 2.24) is 5.32 Å². The summed E-state index contributed by atoms with van der Waals surface area (Å²) in [5.41, 5.74) is 1.53. The number of hydrogen-bond acceptors (Lipinski definition) is 2. The standard InChI is InChI=1S/C9H13NS/c1-2-8(6-10-4-1)9-3-5-11-7-9/h3,5,7-8,10H,1-2,4,6H2/t8-/m1/s1. The molecule has 0 aromatic carbocycles. The molecule has 0 aliphatic carbocycles. The lowest BCUT2D eigenvalue weighted by molar-refractivity contribution is 0.462. The van der Waals surface area contributed by atoms with Crippen molar-refractivity contribution in [3.63, 3.8) is 0 Å². The number of rotatable bonds is 1. The van der Waals surface area contributed by atoms with Crippen LogP contribution >= 0.6 is 11.3 Å². The molecule has 0 radical (unpaired) electrons. The topological polar surface area (TPSA) is 12.0 Å². The summed E-state index contributed by atoms with van der Waals surface area (Å²) >= 11 is 1.81. The number of hydrogen-bond donors (Lipinski definition) is 1. The van der Waals surface area contributed by atoms with E-state index in [1.807, 2.05) is 0 Å². The van der Waals surface area contributed by atoms with Gasteiger partial charge >= 0.3 is 0 Å². The maximum absolute atomic E-state index is 3.43. The van der Waals surface area contributed by atoms with Crippen molar-refractivity contribution in [1.29, 1.82) is 0 Å². The van der Waals surface area contributed by atoms with Crippen LogP contribution in [0.5, 0.6) is 0 Å². The van der Waals surface area contributed by atoms with Crippen molar-refractivity contribution in [3.8, 4) is 0 Å². The van der Waals surface area contributed by atoms with Crippen LogP contribution in [0.1, 0.15) is 24.3 Å². The molecule has 60 valence electrons. The molecular formula is C9H13NS. The van der Waals surface area contributed by atoms with Gasteiger partial charge in [-0.05, 0) is 47.7 Å². The fraction of sp³-hybridized carbons (Fsp3) is 0.556. The second-order valence-corrected chi connectivity index (χ2v) is 3.88. The molecule has 0 bridgehead atoms. The molecule has 0 saturated carbocycles. The van der Waals surface area contributed by atoms with Gasteiger partial charge < -0.3 is 5.32 Å². The van der Waals surface area contributed by atoms with Gasteiger partial charge in [-0.25, -0.2) is 0 Å². The Hall–Kier alpha value is -0.340. The molecule has 1 aliphatic rings. The molecule has 1 N–H and O–H groups in total. The van der Waals surface area contributed by atoms with Gasteiger partial charge in [0.15, 0.2) is 0 Å². The molecule has 2 heterocycles. The average Bonchev–Trinajstić information content (AvgIpc) is 2.58. The lowest BCUT2D eigenvalue weighted by atomic mass is 9.94. The van der Waals surface area contributed by atoms with Crippen LogP contribution < -0.4 is 5.32 Å². The normalized spacial score (nSPS) is 25.3. The van der Waals surface area contributed by atoms with Crippen LogP contribution in [-0.4, -0.2) is 13.1 Å². The molecule has 0 amide bonds. The molecule has 1 aliphatic heterocycles. The minimum atomic E-state index is 0.787. The molecular weight excluding hydrogens is 154 g/mol. The van der Waals surface area contributed by atoms with E-state index in [1.165, 1.54) is 31.5 Å². The summed E-state index contributed by atoms with van der Waals surface area (Å²) in [7, 11) is 0. The zero-order valence-corrected chi connectivity index (χ0v) is 7.36. The molecule has 1 saturated heterocycles. The highest BCUT2D eigenvalue weighted by Gasteiger charge is 2.14. The van der Waals surface area contributed by atoms with E-state index in [4.69, 9.17) is 0 Å². The quantitative estimate of drug-likeness (QED) is 0.676. The van der Waals surface area contributed by atoms with Gasteiger partial charge in [-0.15, -0.1) is 0 Å². The summed E-state index contributed by atoms with van der Waals surface area (Å²) in [6.45, 7) is 2.39. The van der Waals surface area contributed by atoms with E-state index in [9.17, 15) is 0 Å². The molecule has 1 atom stereocenters. The first-order valence-corrected chi connectivity index (χ1v) is 5.14. The molecule has 1 aromatic rings. The van der Waals surface area contributed by atoms with Gasteiger partial charge in [-0.3, -0.25) is 0 Å². The Bertz CT molecular complexity index is 199. The predicted molar refractivity (Wildman–Crippen MR) is 49.2 cm³/mol. The lowest BCUT2D eigenvalue weighted by Gasteiger charge is -2.21. The zero-order chi connectivity index (χ0) is 7.52. The van der Waals surface area contributed by atoms with Crippen LogP contribution in [0.2, 0.25) is 0 Å². The second-order valence-electron chi connectivity index (χ2n) is 3.10. The van der Waals surface area contributed by atoms with Crippen molar-refractivity contribution in [2.75, 3.05) is 13.1 Å². The maximum atomic E-state index is 3.43. The fourth-order valence-corrected chi connectivity index (χ4v) is 2.39. The summed E-state index contributed by atoms with van der Waals surface area (Å²) in [5, 5.41) is 7.87. The fourth-order valence-electron chi connectivity index (χ4n) is 1.64. The summed E-state index contributed by atoms with van der Waals surface area (Å²) in [6.07, 6.45) is 2.70. The van der Waals surface area contributed by atoms with Crippen molar-refractivity contribution in [2.24, 2.45) is 0 Å². The van der Waals surface area contributed by atoms with Crippen LogP contribution in [0.25, 0.3) is 0 Å². The highest BCUT2D eigenvalue weighted by atomic mass is 32.1. The molecule has 1 fully saturated rings. The van der Waals surface area contributed by atoms with E-state index >= 15 is 0 Å². The third-order valence-electron chi connectivity index (χ3n) is 2.31.